The Hall–Kier alpha value is -3.74. The molecule has 37 heavy (non-hydrogen) atoms. The Kier molecular flexibility index (Phi) is 8.69. The third kappa shape index (κ3) is 8.41. The van der Waals surface area contributed by atoms with Crippen LogP contribution in [0.3, 0.4) is 0 Å². The monoisotopic (exact) mass is 543 g/mol. The van der Waals surface area contributed by atoms with Crippen LogP contribution in [0.4, 0.5) is 11.4 Å². The molecule has 0 unspecified atom stereocenters. The Labute approximate surface area is 216 Å². The zero-order valence-electron chi connectivity index (χ0n) is 20.1. The molecule has 0 aliphatic heterocycles. The number of amides is 1. The van der Waals surface area contributed by atoms with Crippen molar-refractivity contribution in [3.63, 3.8) is 0 Å². The van der Waals surface area contributed by atoms with Crippen LogP contribution in [-0.4, -0.2) is 46.6 Å². The van der Waals surface area contributed by atoms with Gasteiger partial charge in [0.05, 0.1) is 10.6 Å². The van der Waals surface area contributed by atoms with Crippen molar-refractivity contribution in [3.8, 4) is 11.1 Å². The normalized spacial score (nSPS) is 12.5. The van der Waals surface area contributed by atoms with Gasteiger partial charge >= 0.3 is 0 Å². The summed E-state index contributed by atoms with van der Waals surface area (Å²) in [6.07, 6.45) is 1.31. The van der Waals surface area contributed by atoms with E-state index in [-0.39, 0.29) is 35.2 Å². The van der Waals surface area contributed by atoms with Gasteiger partial charge in [0.2, 0.25) is 15.9 Å². The highest BCUT2D eigenvalue weighted by molar-refractivity contribution is 7.90. The van der Waals surface area contributed by atoms with E-state index in [9.17, 15) is 21.6 Å². The minimum absolute atomic E-state index is 0.000390. The van der Waals surface area contributed by atoms with Crippen molar-refractivity contribution >= 4 is 43.0 Å². The first-order valence-corrected chi connectivity index (χ1v) is 14.8. The number of hydrogen-bond acceptors (Lipinski definition) is 7. The van der Waals surface area contributed by atoms with E-state index in [2.05, 4.69) is 10.6 Å². The summed E-state index contributed by atoms with van der Waals surface area (Å²) in [6.45, 7) is 0. The number of rotatable bonds is 11. The van der Waals surface area contributed by atoms with Crippen molar-refractivity contribution in [3.05, 3.63) is 78.4 Å². The molecule has 3 aromatic carbocycles. The second-order valence-corrected chi connectivity index (χ2v) is 12.4. The summed E-state index contributed by atoms with van der Waals surface area (Å²) in [5, 5.41) is 18.9. The predicted octanol–water partition coefficient (Wildman–Crippen LogP) is 2.53. The topological polar surface area (TPSA) is 185 Å². The summed E-state index contributed by atoms with van der Waals surface area (Å²) >= 11 is 0. The zero-order valence-corrected chi connectivity index (χ0v) is 21.8. The van der Waals surface area contributed by atoms with Crippen molar-refractivity contribution < 1.29 is 21.6 Å². The lowest BCUT2D eigenvalue weighted by Gasteiger charge is -2.20. The molecule has 0 aliphatic rings. The molecule has 1 atom stereocenters. The van der Waals surface area contributed by atoms with Gasteiger partial charge in [-0.25, -0.2) is 22.0 Å². The van der Waals surface area contributed by atoms with E-state index in [1.807, 2.05) is 0 Å². The maximum atomic E-state index is 12.8. The van der Waals surface area contributed by atoms with E-state index in [4.69, 9.17) is 16.3 Å². The first-order chi connectivity index (χ1) is 17.3. The van der Waals surface area contributed by atoms with Crippen LogP contribution in [-0.2, 0) is 24.7 Å². The highest BCUT2D eigenvalue weighted by atomic mass is 32.2. The molecular weight excluding hydrogens is 514 g/mol. The first-order valence-electron chi connectivity index (χ1n) is 11.2. The Bertz CT molecular complexity index is 1500. The van der Waals surface area contributed by atoms with Gasteiger partial charge < -0.3 is 16.4 Å². The van der Waals surface area contributed by atoms with Gasteiger partial charge in [-0.1, -0.05) is 42.5 Å². The average molecular weight is 544 g/mol. The van der Waals surface area contributed by atoms with E-state index >= 15 is 0 Å². The molecule has 7 N–H and O–H groups in total. The van der Waals surface area contributed by atoms with Gasteiger partial charge in [-0.2, -0.15) is 0 Å². The van der Waals surface area contributed by atoms with Crippen LogP contribution in [0.1, 0.15) is 18.4 Å². The van der Waals surface area contributed by atoms with Crippen molar-refractivity contribution in [1.29, 1.82) is 5.41 Å². The third-order valence-corrected chi connectivity index (χ3v) is 7.43. The van der Waals surface area contributed by atoms with Crippen LogP contribution in [0.15, 0.2) is 77.7 Å². The summed E-state index contributed by atoms with van der Waals surface area (Å²) in [5.74, 6) is -0.557. The average Bonchev–Trinajstić information content (AvgIpc) is 2.82. The molecule has 3 rings (SSSR count). The lowest BCUT2D eigenvalue weighted by Crippen LogP contribution is -2.29. The van der Waals surface area contributed by atoms with E-state index in [1.54, 1.807) is 66.7 Å². The molecule has 0 bridgehead atoms. The van der Waals surface area contributed by atoms with E-state index in [1.165, 1.54) is 6.07 Å². The molecule has 0 heterocycles. The van der Waals surface area contributed by atoms with Crippen LogP contribution in [0.25, 0.3) is 11.1 Å². The van der Waals surface area contributed by atoms with E-state index < -0.39 is 25.9 Å². The standard InChI is InChI=1S/C25H29N5O5S2/c1-36(32,33)14-13-21(29-20-6-4-5-18(15-20)25(26)27)16-24(31)30-19-11-9-17(10-12-19)22-7-2-3-8-23(22)37(28,34)35/h2-12,15,21,29H,13-14,16H2,1H3,(H3,26,27)(H,30,31)(H2,28,34,35)/t21-/m1/s1. The van der Waals surface area contributed by atoms with Crippen LogP contribution in [0.2, 0.25) is 0 Å². The van der Waals surface area contributed by atoms with Gasteiger partial charge in [0, 0.05) is 41.2 Å². The number of carbonyl (C=O) groups excluding carboxylic acids is 1. The molecule has 0 aromatic heterocycles. The minimum atomic E-state index is -3.91. The summed E-state index contributed by atoms with van der Waals surface area (Å²) in [6, 6.07) is 19.3. The zero-order chi connectivity index (χ0) is 27.2. The highest BCUT2D eigenvalue weighted by Crippen LogP contribution is 2.27. The molecule has 3 aromatic rings. The molecule has 0 saturated carbocycles. The second-order valence-electron chi connectivity index (χ2n) is 8.63. The number of anilines is 2. The predicted molar refractivity (Wildman–Crippen MR) is 146 cm³/mol. The van der Waals surface area contributed by atoms with Crippen LogP contribution in [0, 0.1) is 5.41 Å². The van der Waals surface area contributed by atoms with Crippen LogP contribution < -0.4 is 21.5 Å². The molecular formula is C25H29N5O5S2. The van der Waals surface area contributed by atoms with Crippen molar-refractivity contribution in [2.24, 2.45) is 10.9 Å². The largest absolute Gasteiger partial charge is 0.384 e. The maximum absolute atomic E-state index is 12.8. The van der Waals surface area contributed by atoms with E-state index in [0.29, 0.717) is 28.1 Å². The fourth-order valence-corrected chi connectivity index (χ4v) is 5.19. The quantitative estimate of drug-likeness (QED) is 0.182. The summed E-state index contributed by atoms with van der Waals surface area (Å²) in [4.78, 5) is 12.8. The van der Waals surface area contributed by atoms with Gasteiger partial charge in [0.1, 0.15) is 15.7 Å². The molecule has 0 aliphatic carbocycles. The Morgan fingerprint density at radius 1 is 0.946 bits per heavy atom. The van der Waals surface area contributed by atoms with Gasteiger partial charge in [-0.05, 0) is 42.3 Å². The Balaban J connectivity index is 1.73. The fraction of sp³-hybridized carbons (Fsp3) is 0.200. The van der Waals surface area contributed by atoms with Crippen molar-refractivity contribution in [2.75, 3.05) is 22.6 Å². The molecule has 0 saturated heterocycles. The van der Waals surface area contributed by atoms with Gasteiger partial charge in [-0.15, -0.1) is 0 Å². The number of primary sulfonamides is 1. The van der Waals surface area contributed by atoms with Crippen LogP contribution in [0.5, 0.6) is 0 Å². The lowest BCUT2D eigenvalue weighted by molar-refractivity contribution is -0.116. The Morgan fingerprint density at radius 3 is 2.24 bits per heavy atom. The number of hydrogen-bond donors (Lipinski definition) is 5. The smallest absolute Gasteiger partial charge is 0.238 e. The number of sulfone groups is 1. The SMILES string of the molecule is CS(=O)(=O)CC[C@H](CC(=O)Nc1ccc(-c2ccccc2S(N)(=O)=O)cc1)Nc1cccc(C(=N)N)c1. The molecule has 0 spiro atoms. The molecule has 1 amide bonds. The summed E-state index contributed by atoms with van der Waals surface area (Å²) in [7, 11) is -7.16. The van der Waals surface area contributed by atoms with Gasteiger partial charge in [0.25, 0.3) is 0 Å². The number of nitrogens with two attached hydrogens (primary N) is 2. The lowest BCUT2D eigenvalue weighted by atomic mass is 10.1. The first kappa shape index (κ1) is 27.8. The van der Waals surface area contributed by atoms with Crippen molar-refractivity contribution in [2.45, 2.75) is 23.8 Å². The fourth-order valence-electron chi connectivity index (χ4n) is 3.72. The molecule has 10 nitrogen and oxygen atoms in total. The summed E-state index contributed by atoms with van der Waals surface area (Å²) in [5.41, 5.74) is 8.20. The number of nitrogen functional groups attached to an aromatic ring is 1. The minimum Gasteiger partial charge on any atom is -0.384 e. The third-order valence-electron chi connectivity index (χ3n) is 5.49. The molecule has 0 fully saturated rings. The number of sulfonamides is 1. The Morgan fingerprint density at radius 2 is 1.62 bits per heavy atom. The molecule has 12 heteroatoms. The molecule has 0 radical (unpaired) electrons. The van der Waals surface area contributed by atoms with Gasteiger partial charge in [-0.3, -0.25) is 10.2 Å². The van der Waals surface area contributed by atoms with E-state index in [0.717, 1.165) is 6.26 Å². The number of benzene rings is 3. The van der Waals surface area contributed by atoms with Crippen LogP contribution >= 0.6 is 0 Å². The number of amidine groups is 1. The number of carbonyl (C=O) groups is 1. The summed E-state index contributed by atoms with van der Waals surface area (Å²) < 4.78 is 47.3. The highest BCUT2D eigenvalue weighted by Gasteiger charge is 2.18. The van der Waals surface area contributed by atoms with Gasteiger partial charge in [0.15, 0.2) is 0 Å². The second kappa shape index (κ2) is 11.5. The van der Waals surface area contributed by atoms with Crippen molar-refractivity contribution in [1.82, 2.24) is 0 Å². The number of nitrogens with one attached hydrogen (secondary N) is 3. The maximum Gasteiger partial charge on any atom is 0.238 e. The molecule has 196 valence electrons.